The van der Waals surface area contributed by atoms with E-state index in [-0.39, 0.29) is 62.7 Å². The van der Waals surface area contributed by atoms with Crippen molar-refractivity contribution in [3.8, 4) is 0 Å². The lowest BCUT2D eigenvalue weighted by atomic mass is 9.33. The van der Waals surface area contributed by atoms with Crippen molar-refractivity contribution in [1.82, 2.24) is 5.06 Å². The third-order valence-electron chi connectivity index (χ3n) is 14.2. The number of hydrogen-bond donors (Lipinski definition) is 1. The van der Waals surface area contributed by atoms with Crippen molar-refractivity contribution in [1.29, 1.82) is 0 Å². The first-order valence-electron chi connectivity index (χ1n) is 16.5. The van der Waals surface area contributed by atoms with Crippen LogP contribution < -0.4 is 0 Å². The lowest BCUT2D eigenvalue weighted by Crippen LogP contribution is -2.67. The van der Waals surface area contributed by atoms with Gasteiger partial charge in [0.15, 0.2) is 5.78 Å². The van der Waals surface area contributed by atoms with Gasteiger partial charge in [-0.15, -0.1) is 0 Å². The third-order valence-corrected chi connectivity index (χ3v) is 14.2. The Morgan fingerprint density at radius 3 is 2.14 bits per heavy atom. The SMILES string of the molecule is CC(=O)O[C@H]1CC[C@]2(C)[C@H]3C(=O)C=C4[C@@H]5C[C@@](C)(C(=O)N(O)C(C)(C)C)CC[C@]5(C)CC[C@@]4(C)[C@]3(C)CC[C@H]2C1(C)C. The highest BCUT2D eigenvalue weighted by atomic mass is 16.5. The zero-order chi connectivity index (χ0) is 31.5. The number of hydrogen-bond acceptors (Lipinski definition) is 5. The maximum Gasteiger partial charge on any atom is 0.302 e. The molecule has 0 bridgehead atoms. The van der Waals surface area contributed by atoms with Crippen molar-refractivity contribution in [2.75, 3.05) is 0 Å². The minimum atomic E-state index is -0.672. The van der Waals surface area contributed by atoms with E-state index in [1.807, 2.05) is 33.8 Å². The van der Waals surface area contributed by atoms with Crippen LogP contribution in [0.25, 0.3) is 0 Å². The standard InChI is InChI=1S/C36H57NO5/c1-22(38)42-27-13-14-34(9)26(31(27,5)6)12-15-36(11)28(34)25(39)20-23-24-21-33(8,29(40)37(41)30(2,3)4)17-16-32(24,7)18-19-35(23,36)10/h20,24,26-28,41H,12-19,21H2,1-11H3/t24-,26-,27-,28+,32+,33-,34-,35+,36+/m0/s1. The zero-order valence-electron chi connectivity index (χ0n) is 28.3. The number of amides is 1. The van der Waals surface area contributed by atoms with E-state index in [1.165, 1.54) is 12.5 Å². The molecular formula is C36H57NO5. The molecule has 1 amide bonds. The average molecular weight is 584 g/mol. The summed E-state index contributed by atoms with van der Waals surface area (Å²) in [6.07, 6.45) is 10.1. The largest absolute Gasteiger partial charge is 0.462 e. The van der Waals surface area contributed by atoms with Crippen LogP contribution in [0, 0.1) is 50.2 Å². The molecule has 9 atom stereocenters. The van der Waals surface area contributed by atoms with E-state index in [0.29, 0.717) is 12.3 Å². The van der Waals surface area contributed by atoms with Crippen LogP contribution in [0.3, 0.4) is 0 Å². The van der Waals surface area contributed by atoms with Crippen LogP contribution in [0.2, 0.25) is 0 Å². The second kappa shape index (κ2) is 9.41. The Balaban J connectivity index is 1.55. The quantitative estimate of drug-likeness (QED) is 0.203. The summed E-state index contributed by atoms with van der Waals surface area (Å²) in [5.74, 6) is 0.194. The fourth-order valence-corrected chi connectivity index (χ4v) is 11.3. The van der Waals surface area contributed by atoms with Gasteiger partial charge in [-0.2, -0.15) is 0 Å². The first-order valence-corrected chi connectivity index (χ1v) is 16.5. The van der Waals surface area contributed by atoms with Crippen molar-refractivity contribution in [2.24, 2.45) is 50.2 Å². The topological polar surface area (TPSA) is 83.9 Å². The van der Waals surface area contributed by atoms with Crippen molar-refractivity contribution in [3.05, 3.63) is 11.6 Å². The van der Waals surface area contributed by atoms with E-state index in [1.54, 1.807) is 0 Å². The van der Waals surface area contributed by atoms with Gasteiger partial charge >= 0.3 is 5.97 Å². The molecule has 0 spiro atoms. The van der Waals surface area contributed by atoms with Crippen LogP contribution in [0.5, 0.6) is 0 Å². The minimum Gasteiger partial charge on any atom is -0.462 e. The molecule has 5 rings (SSSR count). The molecule has 236 valence electrons. The molecule has 5 aliphatic carbocycles. The molecule has 0 heterocycles. The maximum atomic E-state index is 14.6. The van der Waals surface area contributed by atoms with Crippen LogP contribution >= 0.6 is 0 Å². The summed E-state index contributed by atoms with van der Waals surface area (Å²) in [6.45, 7) is 23.2. The van der Waals surface area contributed by atoms with Gasteiger partial charge in [0, 0.05) is 23.7 Å². The lowest BCUT2D eigenvalue weighted by molar-refractivity contribution is -0.212. The van der Waals surface area contributed by atoms with Gasteiger partial charge in [0.25, 0.3) is 5.91 Å². The Morgan fingerprint density at radius 2 is 1.55 bits per heavy atom. The highest BCUT2D eigenvalue weighted by Crippen LogP contribution is 2.75. The van der Waals surface area contributed by atoms with E-state index in [2.05, 4.69) is 41.5 Å². The molecule has 4 saturated carbocycles. The number of allylic oxidation sites excluding steroid dienone is 2. The summed E-state index contributed by atoms with van der Waals surface area (Å²) in [5, 5.41) is 11.8. The van der Waals surface area contributed by atoms with E-state index < -0.39 is 11.0 Å². The first kappa shape index (κ1) is 31.7. The molecule has 0 unspecified atom stereocenters. The predicted molar refractivity (Wildman–Crippen MR) is 163 cm³/mol. The Morgan fingerprint density at radius 1 is 0.929 bits per heavy atom. The number of esters is 1. The average Bonchev–Trinajstić information content (AvgIpc) is 2.86. The molecule has 0 aromatic rings. The summed E-state index contributed by atoms with van der Waals surface area (Å²) >= 11 is 0. The summed E-state index contributed by atoms with van der Waals surface area (Å²) in [7, 11) is 0. The number of rotatable bonds is 2. The number of fused-ring (bicyclic) bond motifs is 7. The second-order valence-electron chi connectivity index (χ2n) is 18.0. The number of carbonyl (C=O) groups is 3. The summed E-state index contributed by atoms with van der Waals surface area (Å²) in [6, 6.07) is 0. The number of hydroxylamine groups is 2. The Kier molecular flexibility index (Phi) is 7.11. The monoisotopic (exact) mass is 583 g/mol. The van der Waals surface area contributed by atoms with Gasteiger partial charge in [0.2, 0.25) is 0 Å². The minimum absolute atomic E-state index is 0.0435. The molecule has 0 aromatic heterocycles. The van der Waals surface area contributed by atoms with Crippen molar-refractivity contribution < 1.29 is 24.3 Å². The van der Waals surface area contributed by atoms with Gasteiger partial charge in [0.1, 0.15) is 6.10 Å². The van der Waals surface area contributed by atoms with Gasteiger partial charge in [-0.1, -0.05) is 54.0 Å². The van der Waals surface area contributed by atoms with E-state index >= 15 is 0 Å². The summed E-state index contributed by atoms with van der Waals surface area (Å²) in [5.41, 5.74) is -0.714. The number of ketones is 1. The molecule has 4 fully saturated rings. The van der Waals surface area contributed by atoms with Gasteiger partial charge in [-0.25, -0.2) is 5.06 Å². The van der Waals surface area contributed by atoms with Crippen LogP contribution in [0.15, 0.2) is 11.6 Å². The molecule has 0 aromatic carbocycles. The van der Waals surface area contributed by atoms with Gasteiger partial charge in [-0.05, 0) is 118 Å². The summed E-state index contributed by atoms with van der Waals surface area (Å²) < 4.78 is 5.86. The number of nitrogens with zero attached hydrogens (tertiary/aromatic N) is 1. The molecule has 6 nitrogen and oxygen atoms in total. The van der Waals surface area contributed by atoms with Crippen molar-refractivity contribution in [3.63, 3.8) is 0 Å². The fourth-order valence-electron chi connectivity index (χ4n) is 11.3. The zero-order valence-corrected chi connectivity index (χ0v) is 28.3. The van der Waals surface area contributed by atoms with Gasteiger partial charge < -0.3 is 4.74 Å². The van der Waals surface area contributed by atoms with Gasteiger partial charge in [-0.3, -0.25) is 19.6 Å². The number of carbonyl (C=O) groups excluding carboxylic acids is 3. The second-order valence-corrected chi connectivity index (χ2v) is 18.0. The van der Waals surface area contributed by atoms with Crippen LogP contribution in [0.4, 0.5) is 0 Å². The molecule has 1 N–H and O–H groups in total. The normalized spacial score (nSPS) is 46.3. The van der Waals surface area contributed by atoms with Crippen LogP contribution in [-0.4, -0.2) is 39.6 Å². The fraction of sp³-hybridized carbons (Fsp3) is 0.861. The molecule has 0 aliphatic heterocycles. The predicted octanol–water partition coefficient (Wildman–Crippen LogP) is 7.92. The Labute approximate surface area is 254 Å². The summed E-state index contributed by atoms with van der Waals surface area (Å²) in [4.78, 5) is 40.3. The lowest BCUT2D eigenvalue weighted by Gasteiger charge is -2.70. The highest BCUT2D eigenvalue weighted by Gasteiger charge is 2.70. The molecular weight excluding hydrogens is 526 g/mol. The molecule has 42 heavy (non-hydrogen) atoms. The van der Waals surface area contributed by atoms with Gasteiger partial charge in [0.05, 0.1) is 5.54 Å². The molecule has 0 saturated heterocycles. The molecule has 6 heteroatoms. The molecule has 0 radical (unpaired) electrons. The van der Waals surface area contributed by atoms with Crippen LogP contribution in [0.1, 0.15) is 134 Å². The van der Waals surface area contributed by atoms with E-state index in [4.69, 9.17) is 4.74 Å². The smallest absolute Gasteiger partial charge is 0.302 e. The maximum absolute atomic E-state index is 14.6. The third kappa shape index (κ3) is 4.23. The van der Waals surface area contributed by atoms with E-state index in [0.717, 1.165) is 56.4 Å². The van der Waals surface area contributed by atoms with Crippen LogP contribution in [-0.2, 0) is 19.1 Å². The van der Waals surface area contributed by atoms with Crippen molar-refractivity contribution >= 4 is 17.7 Å². The number of ether oxygens (including phenoxy) is 1. The van der Waals surface area contributed by atoms with E-state index in [9.17, 15) is 19.6 Å². The molecule has 5 aliphatic rings. The Bertz CT molecular complexity index is 1210. The Hall–Kier alpha value is -1.69. The first-order chi connectivity index (χ1) is 19.1. The van der Waals surface area contributed by atoms with Crippen molar-refractivity contribution in [2.45, 2.75) is 146 Å². The highest BCUT2D eigenvalue weighted by molar-refractivity contribution is 5.95.